The maximum atomic E-state index is 13.0. The maximum Gasteiger partial charge on any atom is 0.414 e. The second-order valence-corrected chi connectivity index (χ2v) is 7.49. The number of benzene rings is 1. The highest BCUT2D eigenvalue weighted by molar-refractivity contribution is 6.29. The molecule has 0 saturated carbocycles. The Morgan fingerprint density at radius 1 is 1.23 bits per heavy atom. The molecule has 2 aromatic heterocycles. The summed E-state index contributed by atoms with van der Waals surface area (Å²) in [5, 5.41) is 22.3. The molecule has 3 atom stereocenters. The third kappa shape index (κ3) is 4.43. The van der Waals surface area contributed by atoms with Crippen LogP contribution in [0.15, 0.2) is 46.9 Å². The van der Waals surface area contributed by atoms with E-state index in [0.717, 1.165) is 5.56 Å². The molecular formula is C20H20ClN3O6. The summed E-state index contributed by atoms with van der Waals surface area (Å²) < 4.78 is 10.5. The number of carbonyl (C=O) groups excluding carboxylic acids is 2. The molecule has 0 aliphatic carbocycles. The quantitative estimate of drug-likeness (QED) is 0.484. The van der Waals surface area contributed by atoms with Crippen LogP contribution in [0, 0.1) is 0 Å². The molecule has 1 aliphatic rings. The van der Waals surface area contributed by atoms with Crippen LogP contribution in [0.25, 0.3) is 11.1 Å². The molecule has 0 unspecified atom stereocenters. The number of carbonyl (C=O) groups is 2. The number of hydrogen-bond donors (Lipinski definition) is 4. The first-order chi connectivity index (χ1) is 14.4. The van der Waals surface area contributed by atoms with Crippen LogP contribution >= 0.6 is 11.6 Å². The first-order valence-electron chi connectivity index (χ1n) is 9.34. The van der Waals surface area contributed by atoms with E-state index in [-0.39, 0.29) is 30.6 Å². The number of aliphatic hydroxyl groups is 2. The molecule has 9 nitrogen and oxygen atoms in total. The molecule has 0 bridgehead atoms. The lowest BCUT2D eigenvalue weighted by atomic mass is 10.1. The van der Waals surface area contributed by atoms with Crippen molar-refractivity contribution in [2.75, 3.05) is 13.1 Å². The van der Waals surface area contributed by atoms with Gasteiger partial charge in [0.15, 0.2) is 10.8 Å². The van der Waals surface area contributed by atoms with Gasteiger partial charge in [0.25, 0.3) is 0 Å². The van der Waals surface area contributed by atoms with Gasteiger partial charge in [0.05, 0.1) is 17.7 Å². The smallest absolute Gasteiger partial charge is 0.414 e. The van der Waals surface area contributed by atoms with Crippen LogP contribution in [-0.4, -0.2) is 63.4 Å². The zero-order chi connectivity index (χ0) is 21.3. The number of aromatic nitrogens is 1. The van der Waals surface area contributed by atoms with E-state index >= 15 is 0 Å². The van der Waals surface area contributed by atoms with Crippen LogP contribution in [0.2, 0.25) is 5.22 Å². The third-order valence-electron chi connectivity index (χ3n) is 4.90. The summed E-state index contributed by atoms with van der Waals surface area (Å²) in [7, 11) is 0. The fraction of sp³-hybridized carbons (Fsp3) is 0.300. The molecule has 1 fully saturated rings. The van der Waals surface area contributed by atoms with Crippen LogP contribution in [0.1, 0.15) is 5.56 Å². The van der Waals surface area contributed by atoms with Crippen LogP contribution in [0.3, 0.4) is 0 Å². The molecule has 0 radical (unpaired) electrons. The molecule has 1 aliphatic heterocycles. The summed E-state index contributed by atoms with van der Waals surface area (Å²) in [6.07, 6.45) is -2.64. The van der Waals surface area contributed by atoms with E-state index in [1.807, 2.05) is 30.3 Å². The summed E-state index contributed by atoms with van der Waals surface area (Å²) in [4.78, 5) is 29.6. The van der Waals surface area contributed by atoms with Crippen LogP contribution in [0.4, 0.5) is 4.79 Å². The van der Waals surface area contributed by atoms with Crippen LogP contribution in [0.5, 0.6) is 5.88 Å². The van der Waals surface area contributed by atoms with Crippen molar-refractivity contribution in [3.05, 3.63) is 53.2 Å². The Morgan fingerprint density at radius 2 is 1.93 bits per heavy atom. The van der Waals surface area contributed by atoms with E-state index in [4.69, 9.17) is 20.8 Å². The van der Waals surface area contributed by atoms with Crippen LogP contribution < -0.4 is 10.1 Å². The van der Waals surface area contributed by atoms with E-state index in [2.05, 4.69) is 10.3 Å². The molecule has 3 heterocycles. The predicted octanol–water partition coefficient (Wildman–Crippen LogP) is 1.68. The Morgan fingerprint density at radius 3 is 2.60 bits per heavy atom. The number of fused-ring (bicyclic) bond motifs is 1. The van der Waals surface area contributed by atoms with Gasteiger partial charge in [0.1, 0.15) is 6.04 Å². The molecule has 4 N–H and O–H groups in total. The fourth-order valence-electron chi connectivity index (χ4n) is 3.41. The number of β-amino-alcohol motifs (C(OH)–C–C–N with tert-alkyl or cyclic N) is 2. The number of aliphatic hydroxyl groups excluding tert-OH is 2. The van der Waals surface area contributed by atoms with Crippen molar-refractivity contribution in [1.82, 2.24) is 15.2 Å². The van der Waals surface area contributed by atoms with Crippen molar-refractivity contribution in [3.8, 4) is 5.88 Å². The normalized spacial score (nSPS) is 19.8. The molecule has 4 rings (SSSR count). The number of nitrogens with one attached hydrogen (secondary N) is 2. The summed E-state index contributed by atoms with van der Waals surface area (Å²) >= 11 is 5.76. The average Bonchev–Trinajstić information content (AvgIpc) is 3.34. The molecule has 1 saturated heterocycles. The lowest BCUT2D eigenvalue weighted by Gasteiger charge is -2.24. The molecule has 0 spiro atoms. The number of H-pyrrole nitrogens is 1. The fourth-order valence-corrected chi connectivity index (χ4v) is 3.61. The number of amides is 2. The standard InChI is InChI=1S/C20H20ClN3O6/c21-17-7-12-16(29-17)8-18(22-12)30-20(28)23-13(6-11-4-2-1-3-5-11)19(27)24-9-14(25)15(26)10-24/h1-5,7-8,13-15,22,25-26H,6,9-10H2,(H,23,28)/t13-,14-,15+/m0/s1. The number of nitrogens with zero attached hydrogens (tertiary/aromatic N) is 1. The van der Waals surface area contributed by atoms with Gasteiger partial charge < -0.3 is 34.6 Å². The number of likely N-dealkylation sites (tertiary alicyclic amines) is 1. The predicted molar refractivity (Wildman–Crippen MR) is 107 cm³/mol. The molecule has 10 heteroatoms. The number of furan rings is 1. The van der Waals surface area contributed by atoms with Crippen molar-refractivity contribution in [2.45, 2.75) is 24.7 Å². The zero-order valence-corrected chi connectivity index (χ0v) is 16.5. The van der Waals surface area contributed by atoms with Crippen molar-refractivity contribution in [2.24, 2.45) is 0 Å². The van der Waals surface area contributed by atoms with Crippen molar-refractivity contribution >= 4 is 34.7 Å². The summed E-state index contributed by atoms with van der Waals surface area (Å²) in [5.41, 5.74) is 1.84. The highest BCUT2D eigenvalue weighted by Gasteiger charge is 2.36. The van der Waals surface area contributed by atoms with Gasteiger partial charge in [-0.05, 0) is 17.2 Å². The number of rotatable bonds is 5. The van der Waals surface area contributed by atoms with Gasteiger partial charge in [-0.3, -0.25) is 4.79 Å². The minimum atomic E-state index is -1.01. The number of hydrogen-bond acceptors (Lipinski definition) is 6. The minimum absolute atomic E-state index is 0.00417. The lowest BCUT2D eigenvalue weighted by Crippen LogP contribution is -2.50. The summed E-state index contributed by atoms with van der Waals surface area (Å²) in [5.74, 6) is -0.283. The summed E-state index contributed by atoms with van der Waals surface area (Å²) in [6, 6.07) is 11.3. The van der Waals surface area contributed by atoms with E-state index < -0.39 is 30.3 Å². The van der Waals surface area contributed by atoms with E-state index in [1.54, 1.807) is 6.07 Å². The minimum Gasteiger partial charge on any atom is -0.443 e. The zero-order valence-electron chi connectivity index (χ0n) is 15.7. The van der Waals surface area contributed by atoms with Crippen molar-refractivity contribution < 1.29 is 29.0 Å². The highest BCUT2D eigenvalue weighted by atomic mass is 35.5. The molecule has 2 amide bonds. The number of halogens is 1. The second-order valence-electron chi connectivity index (χ2n) is 7.12. The van der Waals surface area contributed by atoms with Crippen molar-refractivity contribution in [1.29, 1.82) is 0 Å². The molecule has 30 heavy (non-hydrogen) atoms. The monoisotopic (exact) mass is 433 g/mol. The van der Waals surface area contributed by atoms with Gasteiger partial charge in [0, 0.05) is 31.6 Å². The first-order valence-corrected chi connectivity index (χ1v) is 9.72. The highest BCUT2D eigenvalue weighted by Crippen LogP contribution is 2.26. The van der Waals surface area contributed by atoms with Gasteiger partial charge >= 0.3 is 6.09 Å². The second kappa shape index (κ2) is 8.39. The molecule has 158 valence electrons. The SMILES string of the molecule is O=C(N[C@@H](Cc1ccccc1)C(=O)N1C[C@@H](O)[C@@H](O)C1)Oc1cc2oc(Cl)cc2[nH]1. The number of aromatic amines is 1. The third-order valence-corrected chi connectivity index (χ3v) is 5.08. The Kier molecular flexibility index (Phi) is 5.67. The Labute approximate surface area is 176 Å². The molecule has 1 aromatic carbocycles. The van der Waals surface area contributed by atoms with E-state index in [0.29, 0.717) is 11.1 Å². The number of ether oxygens (including phenoxy) is 1. The first kappa shape index (κ1) is 20.3. The van der Waals surface area contributed by atoms with Crippen molar-refractivity contribution in [3.63, 3.8) is 0 Å². The summed E-state index contributed by atoms with van der Waals surface area (Å²) in [6.45, 7) is -0.00834. The Balaban J connectivity index is 1.47. The Hall–Kier alpha value is -3.01. The van der Waals surface area contributed by atoms with Crippen LogP contribution in [-0.2, 0) is 11.2 Å². The van der Waals surface area contributed by atoms with Gasteiger partial charge in [-0.25, -0.2) is 4.79 Å². The Bertz CT molecular complexity index is 1010. The lowest BCUT2D eigenvalue weighted by molar-refractivity contribution is -0.132. The largest absolute Gasteiger partial charge is 0.443 e. The average molecular weight is 434 g/mol. The topological polar surface area (TPSA) is 128 Å². The van der Waals surface area contributed by atoms with Gasteiger partial charge in [-0.2, -0.15) is 0 Å². The van der Waals surface area contributed by atoms with E-state index in [1.165, 1.54) is 11.0 Å². The van der Waals surface area contributed by atoms with Gasteiger partial charge in [-0.15, -0.1) is 0 Å². The van der Waals surface area contributed by atoms with Gasteiger partial charge in [-0.1, -0.05) is 30.3 Å². The molecule has 3 aromatic rings. The molecular weight excluding hydrogens is 414 g/mol. The maximum absolute atomic E-state index is 13.0. The van der Waals surface area contributed by atoms with Gasteiger partial charge in [0.2, 0.25) is 11.8 Å². The van der Waals surface area contributed by atoms with E-state index in [9.17, 15) is 19.8 Å².